The zero-order valence-corrected chi connectivity index (χ0v) is 19.8. The standard InChI is InChI=1S/C29H29N3O3/c1-20-24(23-12-13-27-28(18-23)35-17-16-34-27)4-2-5-25(20)31-29-7-3-6-26(32-29)22-10-8-21(9-11-22)19-30-14-15-33/h2-13,18,30,33H,14-17,19H2,1H3,(H,31,32). The molecule has 0 saturated heterocycles. The Morgan fingerprint density at radius 3 is 2.46 bits per heavy atom. The number of nitrogens with one attached hydrogen (secondary N) is 2. The summed E-state index contributed by atoms with van der Waals surface area (Å²) in [5.41, 5.74) is 7.50. The first kappa shape index (κ1) is 22.9. The lowest BCUT2D eigenvalue weighted by molar-refractivity contribution is 0.171. The minimum atomic E-state index is 0.140. The third kappa shape index (κ3) is 5.29. The Labute approximate surface area is 205 Å². The van der Waals surface area contributed by atoms with Crippen molar-refractivity contribution in [2.24, 2.45) is 0 Å². The minimum Gasteiger partial charge on any atom is -0.486 e. The molecule has 35 heavy (non-hydrogen) atoms. The highest BCUT2D eigenvalue weighted by molar-refractivity contribution is 5.77. The molecule has 0 aliphatic carbocycles. The number of aliphatic hydroxyl groups excluding tert-OH is 1. The van der Waals surface area contributed by atoms with Crippen LogP contribution in [0.3, 0.4) is 0 Å². The first-order valence-electron chi connectivity index (χ1n) is 11.9. The van der Waals surface area contributed by atoms with Crippen LogP contribution in [-0.2, 0) is 6.54 Å². The smallest absolute Gasteiger partial charge is 0.161 e. The molecule has 0 radical (unpaired) electrons. The van der Waals surface area contributed by atoms with E-state index in [0.29, 0.717) is 19.8 Å². The van der Waals surface area contributed by atoms with Crippen LogP contribution in [0.4, 0.5) is 11.5 Å². The Morgan fingerprint density at radius 1 is 0.857 bits per heavy atom. The molecule has 0 spiro atoms. The highest BCUT2D eigenvalue weighted by Crippen LogP contribution is 2.37. The van der Waals surface area contributed by atoms with E-state index in [0.717, 1.165) is 57.5 Å². The topological polar surface area (TPSA) is 75.6 Å². The molecule has 6 nitrogen and oxygen atoms in total. The molecule has 1 aliphatic rings. The molecular weight excluding hydrogens is 438 g/mol. The number of aliphatic hydroxyl groups is 1. The molecule has 0 unspecified atom stereocenters. The van der Waals surface area contributed by atoms with Gasteiger partial charge in [0, 0.05) is 24.3 Å². The third-order valence-corrected chi connectivity index (χ3v) is 6.07. The SMILES string of the molecule is Cc1c(Nc2cccc(-c3ccc(CNCCO)cc3)n2)cccc1-c1ccc2c(c1)OCCO2. The molecule has 0 saturated carbocycles. The van der Waals surface area contributed by atoms with Gasteiger partial charge in [-0.05, 0) is 59.5 Å². The number of hydrogen-bond acceptors (Lipinski definition) is 6. The van der Waals surface area contributed by atoms with Crippen LogP contribution >= 0.6 is 0 Å². The van der Waals surface area contributed by atoms with E-state index in [1.165, 1.54) is 5.56 Å². The Bertz CT molecular complexity index is 1310. The van der Waals surface area contributed by atoms with E-state index in [1.54, 1.807) is 0 Å². The monoisotopic (exact) mass is 467 g/mol. The summed E-state index contributed by atoms with van der Waals surface area (Å²) in [6, 6.07) is 26.7. The summed E-state index contributed by atoms with van der Waals surface area (Å²) in [6.45, 7) is 4.73. The van der Waals surface area contributed by atoms with E-state index >= 15 is 0 Å². The van der Waals surface area contributed by atoms with Crippen molar-refractivity contribution >= 4 is 11.5 Å². The highest BCUT2D eigenvalue weighted by Gasteiger charge is 2.14. The van der Waals surface area contributed by atoms with Crippen molar-refractivity contribution in [2.75, 3.05) is 31.7 Å². The average molecular weight is 468 g/mol. The minimum absolute atomic E-state index is 0.140. The quantitative estimate of drug-likeness (QED) is 0.305. The number of benzene rings is 3. The summed E-state index contributed by atoms with van der Waals surface area (Å²) in [5.74, 6) is 2.37. The molecule has 0 atom stereocenters. The van der Waals surface area contributed by atoms with Crippen molar-refractivity contribution in [1.29, 1.82) is 0 Å². The maximum Gasteiger partial charge on any atom is 0.161 e. The second-order valence-corrected chi connectivity index (χ2v) is 8.47. The molecule has 3 aromatic carbocycles. The molecule has 3 N–H and O–H groups in total. The molecule has 2 heterocycles. The number of pyridine rings is 1. The van der Waals surface area contributed by atoms with Crippen LogP contribution in [0.2, 0.25) is 0 Å². The predicted molar refractivity (Wildman–Crippen MR) is 139 cm³/mol. The summed E-state index contributed by atoms with van der Waals surface area (Å²) in [5, 5.41) is 15.6. The van der Waals surface area contributed by atoms with E-state index in [1.807, 2.05) is 30.3 Å². The van der Waals surface area contributed by atoms with Gasteiger partial charge >= 0.3 is 0 Å². The lowest BCUT2D eigenvalue weighted by Gasteiger charge is -2.20. The van der Waals surface area contributed by atoms with Crippen LogP contribution in [0.1, 0.15) is 11.1 Å². The third-order valence-electron chi connectivity index (χ3n) is 6.07. The van der Waals surface area contributed by atoms with Crippen molar-refractivity contribution in [2.45, 2.75) is 13.5 Å². The van der Waals surface area contributed by atoms with Crippen molar-refractivity contribution < 1.29 is 14.6 Å². The van der Waals surface area contributed by atoms with Crippen molar-refractivity contribution in [3.8, 4) is 33.9 Å². The molecule has 5 rings (SSSR count). The average Bonchev–Trinajstić information content (AvgIpc) is 2.90. The molecule has 0 fully saturated rings. The first-order chi connectivity index (χ1) is 17.2. The Hall–Kier alpha value is -3.87. The molecule has 1 aromatic heterocycles. The maximum atomic E-state index is 8.92. The molecule has 0 amide bonds. The Morgan fingerprint density at radius 2 is 1.63 bits per heavy atom. The molecule has 6 heteroatoms. The van der Waals surface area contributed by atoms with Gasteiger partial charge in [0.25, 0.3) is 0 Å². The first-order valence-corrected chi connectivity index (χ1v) is 11.9. The number of ether oxygens (including phenoxy) is 2. The van der Waals surface area contributed by atoms with E-state index in [-0.39, 0.29) is 6.61 Å². The lowest BCUT2D eigenvalue weighted by Crippen LogP contribution is -2.17. The normalized spacial score (nSPS) is 12.4. The molecule has 0 bridgehead atoms. The van der Waals surface area contributed by atoms with Crippen LogP contribution in [-0.4, -0.2) is 36.5 Å². The zero-order valence-electron chi connectivity index (χ0n) is 19.8. The van der Waals surface area contributed by atoms with E-state index in [9.17, 15) is 0 Å². The zero-order chi connectivity index (χ0) is 24.0. The Balaban J connectivity index is 1.35. The number of anilines is 2. The van der Waals surface area contributed by atoms with Gasteiger partial charge in [-0.25, -0.2) is 4.98 Å². The summed E-state index contributed by atoms with van der Waals surface area (Å²) in [7, 11) is 0. The van der Waals surface area contributed by atoms with E-state index in [2.05, 4.69) is 66.1 Å². The number of aromatic nitrogens is 1. The van der Waals surface area contributed by atoms with Gasteiger partial charge in [0.1, 0.15) is 19.0 Å². The summed E-state index contributed by atoms with van der Waals surface area (Å²) in [6.07, 6.45) is 0. The fraction of sp³-hybridized carbons (Fsp3) is 0.207. The molecule has 178 valence electrons. The highest BCUT2D eigenvalue weighted by atomic mass is 16.6. The Kier molecular flexibility index (Phi) is 6.93. The van der Waals surface area contributed by atoms with Gasteiger partial charge in [0.2, 0.25) is 0 Å². The lowest BCUT2D eigenvalue weighted by atomic mass is 9.98. The summed E-state index contributed by atoms with van der Waals surface area (Å²) < 4.78 is 11.4. The predicted octanol–water partition coefficient (Wildman–Crippen LogP) is 5.32. The largest absolute Gasteiger partial charge is 0.486 e. The van der Waals surface area contributed by atoms with Crippen molar-refractivity contribution in [1.82, 2.24) is 10.3 Å². The maximum absolute atomic E-state index is 8.92. The van der Waals surface area contributed by atoms with Gasteiger partial charge in [-0.1, -0.05) is 48.5 Å². The molecule has 4 aromatic rings. The van der Waals surface area contributed by atoms with E-state index in [4.69, 9.17) is 19.6 Å². The number of rotatable bonds is 8. The van der Waals surface area contributed by atoms with Gasteiger partial charge in [-0.15, -0.1) is 0 Å². The van der Waals surface area contributed by atoms with Gasteiger partial charge in [0.15, 0.2) is 11.5 Å². The van der Waals surface area contributed by atoms with Gasteiger partial charge in [0.05, 0.1) is 12.3 Å². The second-order valence-electron chi connectivity index (χ2n) is 8.47. The van der Waals surface area contributed by atoms with Crippen LogP contribution in [0.15, 0.2) is 78.9 Å². The summed E-state index contributed by atoms with van der Waals surface area (Å²) in [4.78, 5) is 4.85. The van der Waals surface area contributed by atoms with E-state index < -0.39 is 0 Å². The molecule has 1 aliphatic heterocycles. The van der Waals surface area contributed by atoms with Crippen molar-refractivity contribution in [3.05, 3.63) is 90.0 Å². The van der Waals surface area contributed by atoms with Crippen LogP contribution in [0, 0.1) is 6.92 Å². The molecular formula is C29H29N3O3. The fourth-order valence-corrected chi connectivity index (χ4v) is 4.20. The van der Waals surface area contributed by atoms with Crippen LogP contribution < -0.4 is 20.1 Å². The fourth-order valence-electron chi connectivity index (χ4n) is 4.20. The summed E-state index contributed by atoms with van der Waals surface area (Å²) >= 11 is 0. The van der Waals surface area contributed by atoms with Crippen molar-refractivity contribution in [3.63, 3.8) is 0 Å². The van der Waals surface area contributed by atoms with Gasteiger partial charge < -0.3 is 25.2 Å². The second kappa shape index (κ2) is 10.6. The number of fused-ring (bicyclic) bond motifs is 1. The number of hydrogen-bond donors (Lipinski definition) is 3. The van der Waals surface area contributed by atoms with Gasteiger partial charge in [-0.2, -0.15) is 0 Å². The number of nitrogens with zero attached hydrogens (tertiary/aromatic N) is 1. The van der Waals surface area contributed by atoms with Crippen LogP contribution in [0.5, 0.6) is 11.5 Å². The van der Waals surface area contributed by atoms with Crippen LogP contribution in [0.25, 0.3) is 22.4 Å². The van der Waals surface area contributed by atoms with Gasteiger partial charge in [-0.3, -0.25) is 0 Å².